The Morgan fingerprint density at radius 3 is 2.75 bits per heavy atom. The Labute approximate surface area is 167 Å². The lowest BCUT2D eigenvalue weighted by molar-refractivity contribution is 0.330. The Morgan fingerprint density at radius 2 is 2.00 bits per heavy atom. The van der Waals surface area contributed by atoms with Gasteiger partial charge in [-0.15, -0.1) is 0 Å². The third-order valence-electron chi connectivity index (χ3n) is 4.13. The van der Waals surface area contributed by atoms with E-state index in [1.165, 1.54) is 6.07 Å². The zero-order valence-electron chi connectivity index (χ0n) is 15.5. The normalized spacial score (nSPS) is 11.7. The van der Waals surface area contributed by atoms with Gasteiger partial charge in [-0.2, -0.15) is 0 Å². The molecular formula is C19H20ClN3O4S. The lowest BCUT2D eigenvalue weighted by atomic mass is 10.2. The maximum Gasteiger partial charge on any atom is 0.258 e. The molecule has 1 aromatic heterocycles. The van der Waals surface area contributed by atoms with Crippen LogP contribution in [0.5, 0.6) is 5.75 Å². The molecule has 0 bridgehead atoms. The number of hydrogen-bond donors (Lipinski definition) is 2. The number of fused-ring (bicyclic) bond motifs is 1. The summed E-state index contributed by atoms with van der Waals surface area (Å²) in [6.07, 6.45) is 0.225. The fraction of sp³-hybridized carbons (Fsp3) is 0.263. The summed E-state index contributed by atoms with van der Waals surface area (Å²) in [5.74, 6) is 0.646. The van der Waals surface area contributed by atoms with E-state index in [0.717, 1.165) is 5.56 Å². The molecule has 2 N–H and O–H groups in total. The number of sulfonamides is 1. The van der Waals surface area contributed by atoms with Crippen LogP contribution in [0.4, 0.5) is 0 Å². The molecule has 28 heavy (non-hydrogen) atoms. The molecule has 3 rings (SSSR count). The molecule has 0 spiro atoms. The number of H-pyrrole nitrogens is 1. The fourth-order valence-corrected chi connectivity index (χ4v) is 4.16. The highest BCUT2D eigenvalue weighted by Crippen LogP contribution is 2.30. The maximum atomic E-state index is 12.7. The van der Waals surface area contributed by atoms with Crippen LogP contribution in [0.1, 0.15) is 18.3 Å². The van der Waals surface area contributed by atoms with Crippen molar-refractivity contribution in [2.24, 2.45) is 0 Å². The number of aromatic nitrogens is 2. The molecule has 0 unspecified atom stereocenters. The Hall–Kier alpha value is -2.42. The average molecular weight is 422 g/mol. The molecule has 148 valence electrons. The molecule has 0 aliphatic rings. The quantitative estimate of drug-likeness (QED) is 0.610. The zero-order valence-corrected chi connectivity index (χ0v) is 17.0. The van der Waals surface area contributed by atoms with Gasteiger partial charge in [-0.05, 0) is 43.7 Å². The standard InChI is InChI=1S/C19H20ClN3O4S/c1-3-27-16-10-12(2)14(20)11-17(16)28(25,26)21-9-8-18-22-15-7-5-4-6-13(15)19(24)23-18/h4-7,10-11,21H,3,8-9H2,1-2H3,(H,22,23,24). The largest absolute Gasteiger partial charge is 0.492 e. The predicted octanol–water partition coefficient (Wildman–Crippen LogP) is 2.80. The number of para-hydroxylation sites is 1. The predicted molar refractivity (Wildman–Crippen MR) is 109 cm³/mol. The second kappa shape index (κ2) is 8.30. The van der Waals surface area contributed by atoms with E-state index in [2.05, 4.69) is 14.7 Å². The smallest absolute Gasteiger partial charge is 0.258 e. The number of nitrogens with zero attached hydrogens (tertiary/aromatic N) is 1. The summed E-state index contributed by atoms with van der Waals surface area (Å²) >= 11 is 6.10. The molecule has 2 aromatic carbocycles. The van der Waals surface area contributed by atoms with Gasteiger partial charge in [0.05, 0.1) is 17.5 Å². The van der Waals surface area contributed by atoms with Crippen LogP contribution in [0, 0.1) is 6.92 Å². The molecular weight excluding hydrogens is 402 g/mol. The summed E-state index contributed by atoms with van der Waals surface area (Å²) in [5.41, 5.74) is 1.03. The van der Waals surface area contributed by atoms with E-state index >= 15 is 0 Å². The van der Waals surface area contributed by atoms with Crippen LogP contribution in [-0.4, -0.2) is 31.5 Å². The molecule has 0 aliphatic heterocycles. The molecule has 0 amide bonds. The van der Waals surface area contributed by atoms with Crippen molar-refractivity contribution >= 4 is 32.5 Å². The van der Waals surface area contributed by atoms with E-state index < -0.39 is 10.0 Å². The molecule has 3 aromatic rings. The Morgan fingerprint density at radius 1 is 1.25 bits per heavy atom. The van der Waals surface area contributed by atoms with Gasteiger partial charge in [0.2, 0.25) is 10.0 Å². The van der Waals surface area contributed by atoms with Crippen LogP contribution < -0.4 is 15.0 Å². The van der Waals surface area contributed by atoms with E-state index in [1.54, 1.807) is 44.2 Å². The number of ether oxygens (including phenoxy) is 1. The third-order valence-corrected chi connectivity index (χ3v) is 6.02. The van der Waals surface area contributed by atoms with E-state index in [4.69, 9.17) is 16.3 Å². The lowest BCUT2D eigenvalue weighted by Crippen LogP contribution is -2.27. The molecule has 0 fully saturated rings. The van der Waals surface area contributed by atoms with Gasteiger partial charge in [0.15, 0.2) is 0 Å². The van der Waals surface area contributed by atoms with E-state index in [9.17, 15) is 13.2 Å². The minimum absolute atomic E-state index is 0.0232. The van der Waals surface area contributed by atoms with Crippen molar-refractivity contribution in [3.05, 3.63) is 63.2 Å². The number of benzene rings is 2. The topological polar surface area (TPSA) is 101 Å². The first-order chi connectivity index (χ1) is 13.3. The SMILES string of the molecule is CCOc1cc(C)c(Cl)cc1S(=O)(=O)NCCc1nc2ccccc2c(=O)[nH]1. The summed E-state index contributed by atoms with van der Waals surface area (Å²) in [6.45, 7) is 3.93. The number of rotatable bonds is 7. The van der Waals surface area contributed by atoms with E-state index in [0.29, 0.717) is 28.4 Å². The summed E-state index contributed by atoms with van der Waals surface area (Å²) < 4.78 is 33.4. The molecule has 0 aliphatic carbocycles. The summed E-state index contributed by atoms with van der Waals surface area (Å²) in [5, 5.41) is 0.826. The van der Waals surface area contributed by atoms with Gasteiger partial charge in [-0.25, -0.2) is 18.1 Å². The highest BCUT2D eigenvalue weighted by Gasteiger charge is 2.21. The number of aryl methyl sites for hydroxylation is 1. The van der Waals surface area contributed by atoms with Crippen LogP contribution in [0.2, 0.25) is 5.02 Å². The van der Waals surface area contributed by atoms with Gasteiger partial charge < -0.3 is 9.72 Å². The first kappa shape index (κ1) is 20.3. The lowest BCUT2D eigenvalue weighted by Gasteiger charge is -2.13. The minimum atomic E-state index is -3.85. The third kappa shape index (κ3) is 4.35. The Balaban J connectivity index is 1.79. The van der Waals surface area contributed by atoms with Gasteiger partial charge in [0.25, 0.3) is 5.56 Å². The summed E-state index contributed by atoms with van der Waals surface area (Å²) in [4.78, 5) is 19.1. The highest BCUT2D eigenvalue weighted by atomic mass is 35.5. The highest BCUT2D eigenvalue weighted by molar-refractivity contribution is 7.89. The maximum absolute atomic E-state index is 12.7. The van der Waals surface area contributed by atoms with Gasteiger partial charge in [0, 0.05) is 18.0 Å². The van der Waals surface area contributed by atoms with E-state index in [-0.39, 0.29) is 29.2 Å². The molecule has 1 heterocycles. The number of hydrogen-bond acceptors (Lipinski definition) is 5. The molecule has 0 saturated carbocycles. The average Bonchev–Trinajstić information content (AvgIpc) is 2.64. The fourth-order valence-electron chi connectivity index (χ4n) is 2.75. The van der Waals surface area contributed by atoms with Crippen LogP contribution >= 0.6 is 11.6 Å². The second-order valence-electron chi connectivity index (χ2n) is 6.16. The van der Waals surface area contributed by atoms with Gasteiger partial charge in [0.1, 0.15) is 16.5 Å². The van der Waals surface area contributed by atoms with Gasteiger partial charge >= 0.3 is 0 Å². The first-order valence-corrected chi connectivity index (χ1v) is 10.6. The van der Waals surface area contributed by atoms with Crippen molar-refractivity contribution in [1.29, 1.82) is 0 Å². The molecule has 9 heteroatoms. The molecule has 0 atom stereocenters. The van der Waals surface area contributed by atoms with Crippen molar-refractivity contribution in [1.82, 2.24) is 14.7 Å². The van der Waals surface area contributed by atoms with Crippen molar-refractivity contribution in [3.8, 4) is 5.75 Å². The van der Waals surface area contributed by atoms with Crippen LogP contribution in [0.15, 0.2) is 46.1 Å². The van der Waals surface area contributed by atoms with Crippen LogP contribution in [-0.2, 0) is 16.4 Å². The molecule has 0 saturated heterocycles. The molecule has 0 radical (unpaired) electrons. The van der Waals surface area contributed by atoms with Gasteiger partial charge in [-0.3, -0.25) is 4.79 Å². The summed E-state index contributed by atoms with van der Waals surface area (Å²) in [6, 6.07) is 9.95. The monoisotopic (exact) mass is 421 g/mol. The zero-order chi connectivity index (χ0) is 20.3. The first-order valence-electron chi connectivity index (χ1n) is 8.72. The van der Waals surface area contributed by atoms with Crippen LogP contribution in [0.3, 0.4) is 0 Å². The Kier molecular flexibility index (Phi) is 6.02. The second-order valence-corrected chi connectivity index (χ2v) is 8.30. The number of halogens is 1. The van der Waals surface area contributed by atoms with Crippen LogP contribution in [0.25, 0.3) is 10.9 Å². The van der Waals surface area contributed by atoms with Crippen molar-refractivity contribution < 1.29 is 13.2 Å². The van der Waals surface area contributed by atoms with E-state index in [1.807, 2.05) is 0 Å². The van der Waals surface area contributed by atoms with Crippen molar-refractivity contribution in [2.75, 3.05) is 13.2 Å². The number of nitrogens with one attached hydrogen (secondary N) is 2. The van der Waals surface area contributed by atoms with Crippen molar-refractivity contribution in [3.63, 3.8) is 0 Å². The molecule has 7 nitrogen and oxygen atoms in total. The Bertz CT molecular complexity index is 1180. The minimum Gasteiger partial charge on any atom is -0.492 e. The van der Waals surface area contributed by atoms with Gasteiger partial charge in [-0.1, -0.05) is 23.7 Å². The van der Waals surface area contributed by atoms with Crippen molar-refractivity contribution in [2.45, 2.75) is 25.2 Å². The number of aromatic amines is 1. The summed E-state index contributed by atoms with van der Waals surface area (Å²) in [7, 11) is -3.85.